The lowest BCUT2D eigenvalue weighted by Gasteiger charge is -2.27. The van der Waals surface area contributed by atoms with Crippen LogP contribution in [0.25, 0.3) is 0 Å². The largest absolute Gasteiger partial charge is 0.491 e. The summed E-state index contributed by atoms with van der Waals surface area (Å²) in [5.41, 5.74) is 1.25. The third kappa shape index (κ3) is 6.08. The molecule has 1 N–H and O–H groups in total. The third-order valence-electron chi connectivity index (χ3n) is 4.29. The van der Waals surface area contributed by atoms with Gasteiger partial charge in [-0.3, -0.25) is 9.59 Å². The molecular formula is C20H24N2O4S. The van der Waals surface area contributed by atoms with Gasteiger partial charge in [0.2, 0.25) is 11.8 Å². The van der Waals surface area contributed by atoms with Gasteiger partial charge in [0.1, 0.15) is 19.0 Å². The number of amides is 2. The van der Waals surface area contributed by atoms with Crippen molar-refractivity contribution in [3.63, 3.8) is 0 Å². The monoisotopic (exact) mass is 388 g/mol. The van der Waals surface area contributed by atoms with Crippen molar-refractivity contribution in [3.05, 3.63) is 52.2 Å². The van der Waals surface area contributed by atoms with Gasteiger partial charge in [-0.05, 0) is 35.6 Å². The number of thiophene rings is 1. The second-order valence-electron chi connectivity index (χ2n) is 6.25. The molecule has 2 amide bonds. The zero-order valence-corrected chi connectivity index (χ0v) is 16.0. The highest BCUT2D eigenvalue weighted by Crippen LogP contribution is 2.24. The molecule has 27 heavy (non-hydrogen) atoms. The molecule has 2 heterocycles. The van der Waals surface area contributed by atoms with Crippen LogP contribution in [0.1, 0.15) is 16.9 Å². The van der Waals surface area contributed by atoms with Gasteiger partial charge in [-0.15, -0.1) is 11.3 Å². The molecule has 144 valence electrons. The Bertz CT molecular complexity index is 747. The minimum absolute atomic E-state index is 0.0334. The Kier molecular flexibility index (Phi) is 7.24. The zero-order valence-electron chi connectivity index (χ0n) is 15.2. The molecule has 1 aliphatic heterocycles. The van der Waals surface area contributed by atoms with Crippen LogP contribution >= 0.6 is 11.3 Å². The van der Waals surface area contributed by atoms with Crippen molar-refractivity contribution in [3.8, 4) is 5.75 Å². The lowest BCUT2D eigenvalue weighted by molar-refractivity contribution is -0.132. The van der Waals surface area contributed by atoms with Gasteiger partial charge in [-0.1, -0.05) is 18.2 Å². The van der Waals surface area contributed by atoms with Crippen molar-refractivity contribution < 1.29 is 19.1 Å². The Morgan fingerprint density at radius 2 is 2.00 bits per heavy atom. The summed E-state index contributed by atoms with van der Waals surface area (Å²) in [6.07, 6.45) is 1.23. The molecule has 3 rings (SSSR count). The molecule has 0 atom stereocenters. The lowest BCUT2D eigenvalue weighted by atomic mass is 10.1. The first-order valence-electron chi connectivity index (χ1n) is 9.07. The van der Waals surface area contributed by atoms with E-state index in [0.717, 1.165) is 18.7 Å². The van der Waals surface area contributed by atoms with Crippen molar-refractivity contribution in [1.29, 1.82) is 0 Å². The second kappa shape index (κ2) is 10.1. The van der Waals surface area contributed by atoms with Crippen LogP contribution in [-0.4, -0.2) is 49.6 Å². The number of nitrogens with zero attached hydrogens (tertiary/aromatic N) is 1. The van der Waals surface area contributed by atoms with Gasteiger partial charge in [0.15, 0.2) is 0 Å². The molecule has 0 fully saturated rings. The number of nitrogens with one attached hydrogen (secondary N) is 1. The van der Waals surface area contributed by atoms with E-state index in [9.17, 15) is 9.59 Å². The number of ether oxygens (including phenoxy) is 2. The normalized spacial score (nSPS) is 13.1. The Balaban J connectivity index is 1.24. The molecule has 0 saturated heterocycles. The minimum Gasteiger partial charge on any atom is -0.491 e. The summed E-state index contributed by atoms with van der Waals surface area (Å²) < 4.78 is 10.8. The van der Waals surface area contributed by atoms with Gasteiger partial charge >= 0.3 is 0 Å². The zero-order chi connectivity index (χ0) is 18.9. The van der Waals surface area contributed by atoms with Crippen molar-refractivity contribution >= 4 is 23.2 Å². The van der Waals surface area contributed by atoms with Crippen LogP contribution in [0, 0.1) is 0 Å². The number of carbonyl (C=O) groups is 2. The fourth-order valence-corrected chi connectivity index (χ4v) is 3.77. The van der Waals surface area contributed by atoms with Gasteiger partial charge in [0, 0.05) is 30.9 Å². The molecular weight excluding hydrogens is 364 g/mol. The number of hydrogen-bond donors (Lipinski definition) is 1. The summed E-state index contributed by atoms with van der Waals surface area (Å²) in [5.74, 6) is 0.627. The maximum atomic E-state index is 12.3. The van der Waals surface area contributed by atoms with E-state index in [0.29, 0.717) is 32.7 Å². The maximum absolute atomic E-state index is 12.3. The average Bonchev–Trinajstić information content (AvgIpc) is 3.16. The van der Waals surface area contributed by atoms with Crippen LogP contribution in [0.15, 0.2) is 41.8 Å². The van der Waals surface area contributed by atoms with Gasteiger partial charge in [-0.25, -0.2) is 0 Å². The van der Waals surface area contributed by atoms with Crippen LogP contribution in [-0.2, 0) is 27.3 Å². The molecule has 7 heteroatoms. The maximum Gasteiger partial charge on any atom is 0.246 e. The lowest BCUT2D eigenvalue weighted by Crippen LogP contribution is -2.38. The van der Waals surface area contributed by atoms with Crippen LogP contribution in [0.4, 0.5) is 0 Å². The Morgan fingerprint density at radius 1 is 1.15 bits per heavy atom. The van der Waals surface area contributed by atoms with E-state index in [-0.39, 0.29) is 18.4 Å². The van der Waals surface area contributed by atoms with E-state index in [2.05, 4.69) is 16.8 Å². The predicted molar refractivity (Wildman–Crippen MR) is 104 cm³/mol. The van der Waals surface area contributed by atoms with E-state index in [1.807, 2.05) is 35.2 Å². The number of hydrogen-bond acceptors (Lipinski definition) is 5. The third-order valence-corrected chi connectivity index (χ3v) is 5.32. The van der Waals surface area contributed by atoms with Gasteiger partial charge in [0.05, 0.1) is 6.61 Å². The number of para-hydroxylation sites is 1. The molecule has 1 aromatic carbocycles. The summed E-state index contributed by atoms with van der Waals surface area (Å²) >= 11 is 1.75. The molecule has 6 nitrogen and oxygen atoms in total. The summed E-state index contributed by atoms with van der Waals surface area (Å²) in [6.45, 7) is 2.44. The highest BCUT2D eigenvalue weighted by Gasteiger charge is 2.21. The molecule has 0 unspecified atom stereocenters. The smallest absolute Gasteiger partial charge is 0.246 e. The number of fused-ring (bicyclic) bond motifs is 1. The van der Waals surface area contributed by atoms with Crippen LogP contribution in [0.5, 0.6) is 5.75 Å². The Hall–Kier alpha value is -2.38. The minimum atomic E-state index is -0.221. The van der Waals surface area contributed by atoms with E-state index in [1.54, 1.807) is 11.3 Å². The van der Waals surface area contributed by atoms with Crippen molar-refractivity contribution in [2.45, 2.75) is 19.4 Å². The number of benzene rings is 1. The SMILES string of the molecule is O=C(COCCOc1ccccc1)NCCC(=O)N1CCc2sccc2C1. The van der Waals surface area contributed by atoms with Crippen molar-refractivity contribution in [2.24, 2.45) is 0 Å². The summed E-state index contributed by atoms with van der Waals surface area (Å²) in [5, 5.41) is 4.80. The van der Waals surface area contributed by atoms with Gasteiger partial charge < -0.3 is 19.7 Å². The first-order valence-corrected chi connectivity index (χ1v) is 9.95. The molecule has 1 aliphatic rings. The number of carbonyl (C=O) groups excluding carboxylic acids is 2. The molecule has 0 spiro atoms. The molecule has 0 bridgehead atoms. The first-order chi connectivity index (χ1) is 13.2. The van der Waals surface area contributed by atoms with Gasteiger partial charge in [0.25, 0.3) is 0 Å². The molecule has 1 aromatic heterocycles. The molecule has 0 aliphatic carbocycles. The first kappa shape index (κ1) is 19.4. The van der Waals surface area contributed by atoms with E-state index >= 15 is 0 Å². The van der Waals surface area contributed by atoms with E-state index in [4.69, 9.17) is 9.47 Å². The Labute approximate surface area is 163 Å². The highest BCUT2D eigenvalue weighted by molar-refractivity contribution is 7.10. The van der Waals surface area contributed by atoms with E-state index in [1.165, 1.54) is 10.4 Å². The van der Waals surface area contributed by atoms with Gasteiger partial charge in [-0.2, -0.15) is 0 Å². The highest BCUT2D eigenvalue weighted by atomic mass is 32.1. The van der Waals surface area contributed by atoms with Crippen LogP contribution in [0.2, 0.25) is 0 Å². The number of rotatable bonds is 9. The van der Waals surface area contributed by atoms with Crippen LogP contribution < -0.4 is 10.1 Å². The van der Waals surface area contributed by atoms with Crippen molar-refractivity contribution in [1.82, 2.24) is 10.2 Å². The second-order valence-corrected chi connectivity index (χ2v) is 7.25. The Morgan fingerprint density at radius 3 is 2.85 bits per heavy atom. The summed E-state index contributed by atoms with van der Waals surface area (Å²) in [6, 6.07) is 11.5. The quantitative estimate of drug-likeness (QED) is 0.669. The average molecular weight is 388 g/mol. The van der Waals surface area contributed by atoms with Crippen LogP contribution in [0.3, 0.4) is 0 Å². The molecule has 0 saturated carbocycles. The van der Waals surface area contributed by atoms with Crippen molar-refractivity contribution in [2.75, 3.05) is 32.9 Å². The fourth-order valence-electron chi connectivity index (χ4n) is 2.88. The predicted octanol–water partition coefficient (Wildman–Crippen LogP) is 2.23. The standard InChI is InChI=1S/C20H24N2O4S/c23-19(15-25-11-12-26-17-4-2-1-3-5-17)21-9-6-20(24)22-10-7-18-16(14-22)8-13-27-18/h1-5,8,13H,6-7,9-12,14-15H2,(H,21,23). The summed E-state index contributed by atoms with van der Waals surface area (Å²) in [4.78, 5) is 27.3. The topological polar surface area (TPSA) is 67.9 Å². The molecule has 2 aromatic rings. The van der Waals surface area contributed by atoms with E-state index < -0.39 is 0 Å². The summed E-state index contributed by atoms with van der Waals surface area (Å²) in [7, 11) is 0. The molecule has 0 radical (unpaired) electrons. The fraction of sp³-hybridized carbons (Fsp3) is 0.400.